The van der Waals surface area contributed by atoms with Gasteiger partial charge < -0.3 is 0 Å². The molecule has 0 amide bonds. The first-order chi connectivity index (χ1) is 14.8. The molecule has 23 heteroatoms. The Bertz CT molecular complexity index is 801. The molecule has 0 radical (unpaired) electrons. The fraction of sp³-hybridized carbons (Fsp3) is 1.00. The second kappa shape index (κ2) is 8.87. The lowest BCUT2D eigenvalue weighted by Gasteiger charge is -2.37. The van der Waals surface area contributed by atoms with Crippen molar-refractivity contribution in [3.63, 3.8) is 0 Å². The van der Waals surface area contributed by atoms with Crippen LogP contribution in [-0.4, -0.2) is 68.5 Å². The normalized spacial score (nSPS) is 17.9. The Morgan fingerprint density at radius 3 is 0.857 bits per heavy atom. The van der Waals surface area contributed by atoms with E-state index in [2.05, 4.69) is 0 Å². The highest BCUT2D eigenvalue weighted by atomic mass is 32.3. The molecule has 0 saturated heterocycles. The van der Waals surface area contributed by atoms with E-state index < -0.39 is 84.3 Å². The van der Waals surface area contributed by atoms with Crippen molar-refractivity contribution < 1.29 is 95.8 Å². The van der Waals surface area contributed by atoms with Crippen molar-refractivity contribution in [2.24, 2.45) is 0 Å². The number of hydrogen-bond donors (Lipinski definition) is 0. The summed E-state index contributed by atoms with van der Waals surface area (Å²) < 4.78 is 261. The Balaban J connectivity index is 6.34. The molecule has 0 aromatic heterocycles. The Morgan fingerprint density at radius 1 is 0.486 bits per heavy atom. The molecule has 0 saturated carbocycles. The van der Waals surface area contributed by atoms with Crippen molar-refractivity contribution in [1.82, 2.24) is 0 Å². The average Bonchev–Trinajstić information content (AvgIpc) is 2.58. The largest absolute Gasteiger partial charge is 0.441 e. The van der Waals surface area contributed by atoms with Crippen molar-refractivity contribution in [2.75, 3.05) is 0 Å². The molecule has 0 aliphatic heterocycles. The molecule has 0 heterocycles. The summed E-state index contributed by atoms with van der Waals surface area (Å²) in [5, 5.41) is 0. The minimum atomic E-state index is -8.12. The molecular formula is C12H8F18O4S. The van der Waals surface area contributed by atoms with Gasteiger partial charge in [-0.25, -0.2) is 8.78 Å². The van der Waals surface area contributed by atoms with E-state index in [4.69, 9.17) is 0 Å². The highest BCUT2D eigenvalue weighted by Gasteiger charge is 2.86. The SMILES string of the molecule is CC(F)C(F)(F)C(F)(F)C(F)(F)C(F)(F)OS(=O)(=O)OC(F)(F)C(F)(F)C(F)(F)C(F)(F)C(C)F. The third kappa shape index (κ3) is 5.21. The molecule has 0 aromatic rings. The van der Waals surface area contributed by atoms with Gasteiger partial charge in [0, 0.05) is 0 Å². The molecule has 0 aliphatic rings. The molecule has 2 atom stereocenters. The van der Waals surface area contributed by atoms with E-state index in [0.29, 0.717) is 0 Å². The zero-order valence-electron chi connectivity index (χ0n) is 16.0. The van der Waals surface area contributed by atoms with Crippen LogP contribution in [-0.2, 0) is 18.8 Å². The van der Waals surface area contributed by atoms with Crippen molar-refractivity contribution in [3.05, 3.63) is 0 Å². The maximum atomic E-state index is 13.3. The molecule has 0 rings (SSSR count). The summed E-state index contributed by atoms with van der Waals surface area (Å²) in [7, 11) is -8.12. The Hall–Kier alpha value is -1.39. The lowest BCUT2D eigenvalue weighted by atomic mass is 10.0. The monoisotopic (exact) mass is 590 g/mol. The summed E-state index contributed by atoms with van der Waals surface area (Å²) in [6.07, 6.45) is -24.2. The van der Waals surface area contributed by atoms with E-state index in [0.717, 1.165) is 0 Å². The molecule has 0 fully saturated rings. The molecule has 0 bridgehead atoms. The fourth-order valence-corrected chi connectivity index (χ4v) is 2.42. The van der Waals surface area contributed by atoms with Gasteiger partial charge in [-0.3, -0.25) is 0 Å². The third-order valence-corrected chi connectivity index (χ3v) is 4.60. The van der Waals surface area contributed by atoms with Gasteiger partial charge in [0.25, 0.3) is 0 Å². The Labute approximate surface area is 181 Å². The highest BCUT2D eigenvalue weighted by Crippen LogP contribution is 2.57. The first-order valence-electron chi connectivity index (χ1n) is 7.77. The first kappa shape index (κ1) is 33.6. The first-order valence-corrected chi connectivity index (χ1v) is 9.10. The van der Waals surface area contributed by atoms with Crippen molar-refractivity contribution in [2.45, 2.75) is 73.9 Å². The summed E-state index contributed by atoms with van der Waals surface area (Å²) >= 11 is 0. The van der Waals surface area contributed by atoms with Crippen molar-refractivity contribution in [3.8, 4) is 0 Å². The molecule has 0 aliphatic carbocycles. The van der Waals surface area contributed by atoms with Crippen LogP contribution in [0.2, 0.25) is 0 Å². The summed E-state index contributed by atoms with van der Waals surface area (Å²) in [6.45, 7) is -1.20. The van der Waals surface area contributed by atoms with Crippen molar-refractivity contribution in [1.29, 1.82) is 0 Å². The molecule has 0 spiro atoms. The summed E-state index contributed by atoms with van der Waals surface area (Å²) in [5.41, 5.74) is 0. The predicted molar refractivity (Wildman–Crippen MR) is 71.8 cm³/mol. The number of rotatable bonds is 12. The van der Waals surface area contributed by atoms with Gasteiger partial charge in [-0.05, 0) is 13.8 Å². The van der Waals surface area contributed by atoms with E-state index in [1.165, 1.54) is 0 Å². The van der Waals surface area contributed by atoms with Crippen LogP contribution in [0.4, 0.5) is 79.0 Å². The van der Waals surface area contributed by atoms with Gasteiger partial charge in [-0.1, -0.05) is 0 Å². The van der Waals surface area contributed by atoms with E-state index in [1.54, 1.807) is 8.37 Å². The number of alkyl halides is 18. The van der Waals surface area contributed by atoms with Gasteiger partial charge in [0.1, 0.15) is 0 Å². The molecule has 0 aromatic carbocycles. The van der Waals surface area contributed by atoms with E-state index >= 15 is 0 Å². The number of hydrogen-bond acceptors (Lipinski definition) is 4. The lowest BCUT2D eigenvalue weighted by molar-refractivity contribution is -0.423. The van der Waals surface area contributed by atoms with Gasteiger partial charge in [0.05, 0.1) is 0 Å². The maximum Gasteiger partial charge on any atom is 0.441 e. The molecule has 35 heavy (non-hydrogen) atoms. The summed E-state index contributed by atoms with van der Waals surface area (Å²) in [6, 6.07) is 0. The Kier molecular flexibility index (Phi) is 8.52. The van der Waals surface area contributed by atoms with Gasteiger partial charge in [0.15, 0.2) is 12.3 Å². The van der Waals surface area contributed by atoms with Gasteiger partial charge in [0.2, 0.25) is 0 Å². The average molecular weight is 590 g/mol. The van der Waals surface area contributed by atoms with Crippen LogP contribution in [0.5, 0.6) is 0 Å². The zero-order valence-corrected chi connectivity index (χ0v) is 16.8. The van der Waals surface area contributed by atoms with Crippen LogP contribution in [0.25, 0.3) is 0 Å². The zero-order chi connectivity index (χ0) is 29.1. The van der Waals surface area contributed by atoms with Crippen LogP contribution in [0, 0.1) is 0 Å². The minimum Gasteiger partial charge on any atom is -0.241 e. The lowest BCUT2D eigenvalue weighted by Crippen LogP contribution is -2.66. The molecule has 4 nitrogen and oxygen atoms in total. The predicted octanol–water partition coefficient (Wildman–Crippen LogP) is 5.98. The smallest absolute Gasteiger partial charge is 0.241 e. The molecule has 0 N–H and O–H groups in total. The van der Waals surface area contributed by atoms with Gasteiger partial charge >= 0.3 is 58.2 Å². The van der Waals surface area contributed by atoms with Crippen LogP contribution < -0.4 is 0 Å². The minimum absolute atomic E-state index is 0.598. The van der Waals surface area contributed by atoms with E-state index in [-0.39, 0.29) is 0 Å². The second-order valence-corrected chi connectivity index (χ2v) is 7.53. The molecule has 2 unspecified atom stereocenters. The fourth-order valence-electron chi connectivity index (χ4n) is 1.66. The van der Waals surface area contributed by atoms with Crippen LogP contribution >= 0.6 is 0 Å². The van der Waals surface area contributed by atoms with Gasteiger partial charge in [-0.15, -0.1) is 0 Å². The summed E-state index contributed by atoms with van der Waals surface area (Å²) in [5.74, 6) is -44.6. The molecular weight excluding hydrogens is 582 g/mol. The van der Waals surface area contributed by atoms with Crippen molar-refractivity contribution >= 4 is 10.4 Å². The third-order valence-electron chi connectivity index (χ3n) is 3.77. The maximum absolute atomic E-state index is 13.3. The molecule has 212 valence electrons. The highest BCUT2D eigenvalue weighted by molar-refractivity contribution is 7.81. The quantitative estimate of drug-likeness (QED) is 0.263. The summed E-state index contributed by atoms with van der Waals surface area (Å²) in [4.78, 5) is 0. The van der Waals surface area contributed by atoms with E-state index in [9.17, 15) is 87.4 Å². The Morgan fingerprint density at radius 2 is 0.686 bits per heavy atom. The topological polar surface area (TPSA) is 52.6 Å². The van der Waals surface area contributed by atoms with Crippen LogP contribution in [0.3, 0.4) is 0 Å². The second-order valence-electron chi connectivity index (χ2n) is 6.38. The standard InChI is InChI=1S/C12H8F18O4S/c1-3(13)5(15,16)7(19,20)9(23,24)11(27,28)33-35(31,32)34-12(29,30)10(25,26)8(21,22)6(17,18)4(2)14/h3-4H,1-2H3. The van der Waals surface area contributed by atoms with Crippen LogP contribution in [0.1, 0.15) is 13.8 Å². The van der Waals surface area contributed by atoms with Crippen LogP contribution in [0.15, 0.2) is 0 Å². The van der Waals surface area contributed by atoms with E-state index in [1.807, 2.05) is 0 Å². The number of halogens is 18. The van der Waals surface area contributed by atoms with Gasteiger partial charge in [-0.2, -0.15) is 87.0 Å².